The van der Waals surface area contributed by atoms with Crippen molar-refractivity contribution in [2.75, 3.05) is 13.2 Å². The molecular formula is C18H27NO3. The summed E-state index contributed by atoms with van der Waals surface area (Å²) in [5.74, 6) is 0.848. The summed E-state index contributed by atoms with van der Waals surface area (Å²) in [5.41, 5.74) is 1.92. The standard InChI is InChI=1S/C18H27NO3/c1-14(2)11-13-21-16-8-6-15(7-9-16)10-12-19-17(20)22-18(3,4)5/h6-9,11H,10,12-13H2,1-5H3,(H,19,20). The van der Waals surface area contributed by atoms with E-state index < -0.39 is 5.60 Å². The predicted octanol–water partition coefficient (Wildman–Crippen LogP) is 4.10. The van der Waals surface area contributed by atoms with Gasteiger partial charge in [-0.05, 0) is 64.8 Å². The van der Waals surface area contributed by atoms with Crippen molar-refractivity contribution in [1.29, 1.82) is 0 Å². The Bertz CT molecular complexity index is 494. The molecule has 0 radical (unpaired) electrons. The van der Waals surface area contributed by atoms with Crippen molar-refractivity contribution < 1.29 is 14.3 Å². The van der Waals surface area contributed by atoms with Gasteiger partial charge in [0.1, 0.15) is 18.0 Å². The third kappa shape index (κ3) is 8.35. The minimum Gasteiger partial charge on any atom is -0.490 e. The molecule has 0 heterocycles. The Morgan fingerprint density at radius 1 is 1.18 bits per heavy atom. The van der Waals surface area contributed by atoms with Gasteiger partial charge in [0.05, 0.1) is 0 Å². The summed E-state index contributed by atoms with van der Waals surface area (Å²) in [7, 11) is 0. The van der Waals surface area contributed by atoms with E-state index in [2.05, 4.69) is 5.32 Å². The van der Waals surface area contributed by atoms with Gasteiger partial charge in [-0.1, -0.05) is 17.7 Å². The zero-order valence-electron chi connectivity index (χ0n) is 14.2. The number of ether oxygens (including phenoxy) is 2. The van der Waals surface area contributed by atoms with Gasteiger partial charge in [0.25, 0.3) is 0 Å². The van der Waals surface area contributed by atoms with E-state index in [0.717, 1.165) is 17.7 Å². The molecule has 1 amide bonds. The highest BCUT2D eigenvalue weighted by Crippen LogP contribution is 2.13. The van der Waals surface area contributed by atoms with Crippen molar-refractivity contribution in [3.8, 4) is 5.75 Å². The van der Waals surface area contributed by atoms with Crippen molar-refractivity contribution in [3.63, 3.8) is 0 Å². The lowest BCUT2D eigenvalue weighted by Gasteiger charge is -2.19. The van der Waals surface area contributed by atoms with Crippen molar-refractivity contribution in [2.24, 2.45) is 0 Å². The van der Waals surface area contributed by atoms with Crippen LogP contribution in [0.4, 0.5) is 4.79 Å². The second kappa shape index (κ2) is 8.47. The largest absolute Gasteiger partial charge is 0.490 e. The molecule has 22 heavy (non-hydrogen) atoms. The molecule has 1 aromatic carbocycles. The molecule has 0 aliphatic carbocycles. The number of hydrogen-bond donors (Lipinski definition) is 1. The summed E-state index contributed by atoms with van der Waals surface area (Å²) >= 11 is 0. The van der Waals surface area contributed by atoms with Gasteiger partial charge >= 0.3 is 6.09 Å². The summed E-state index contributed by atoms with van der Waals surface area (Å²) in [6, 6.07) is 7.91. The van der Waals surface area contributed by atoms with Crippen molar-refractivity contribution >= 4 is 6.09 Å². The molecule has 4 nitrogen and oxygen atoms in total. The molecule has 1 aromatic rings. The minimum absolute atomic E-state index is 0.380. The highest BCUT2D eigenvalue weighted by molar-refractivity contribution is 5.67. The molecule has 0 unspecified atom stereocenters. The van der Waals surface area contributed by atoms with Gasteiger partial charge in [-0.25, -0.2) is 4.79 Å². The molecule has 0 fully saturated rings. The van der Waals surface area contributed by atoms with Crippen LogP contribution in [0.5, 0.6) is 5.75 Å². The molecule has 0 saturated heterocycles. The highest BCUT2D eigenvalue weighted by atomic mass is 16.6. The number of allylic oxidation sites excluding steroid dienone is 1. The van der Waals surface area contributed by atoms with Crippen LogP contribution >= 0.6 is 0 Å². The van der Waals surface area contributed by atoms with Gasteiger partial charge in [-0.3, -0.25) is 0 Å². The number of carbonyl (C=O) groups is 1. The quantitative estimate of drug-likeness (QED) is 0.805. The van der Waals surface area contributed by atoms with Crippen molar-refractivity contribution in [1.82, 2.24) is 5.32 Å². The molecule has 1 N–H and O–H groups in total. The van der Waals surface area contributed by atoms with E-state index in [9.17, 15) is 4.79 Å². The molecule has 0 aliphatic heterocycles. The fourth-order valence-electron chi connectivity index (χ4n) is 1.68. The van der Waals surface area contributed by atoms with Crippen molar-refractivity contribution in [3.05, 3.63) is 41.5 Å². The van der Waals surface area contributed by atoms with Crippen LogP contribution in [0.2, 0.25) is 0 Å². The Hall–Kier alpha value is -1.97. The molecular weight excluding hydrogens is 278 g/mol. The fourth-order valence-corrected chi connectivity index (χ4v) is 1.68. The maximum atomic E-state index is 11.5. The van der Waals surface area contributed by atoms with Gasteiger partial charge in [-0.2, -0.15) is 0 Å². The lowest BCUT2D eigenvalue weighted by molar-refractivity contribution is 0.0528. The Morgan fingerprint density at radius 2 is 1.82 bits per heavy atom. The van der Waals surface area contributed by atoms with Crippen LogP contribution in [0, 0.1) is 0 Å². The lowest BCUT2D eigenvalue weighted by Crippen LogP contribution is -2.33. The van der Waals surface area contributed by atoms with Crippen molar-refractivity contribution in [2.45, 2.75) is 46.6 Å². The molecule has 0 atom stereocenters. The highest BCUT2D eigenvalue weighted by Gasteiger charge is 2.15. The minimum atomic E-state index is -0.464. The molecule has 0 spiro atoms. The molecule has 0 saturated carbocycles. The number of carbonyl (C=O) groups excluding carboxylic acids is 1. The zero-order chi connectivity index (χ0) is 16.6. The predicted molar refractivity (Wildman–Crippen MR) is 89.3 cm³/mol. The average Bonchev–Trinajstić information content (AvgIpc) is 2.38. The molecule has 4 heteroatoms. The number of hydrogen-bond acceptors (Lipinski definition) is 3. The maximum Gasteiger partial charge on any atom is 0.407 e. The van der Waals surface area contributed by atoms with Gasteiger partial charge in [0.15, 0.2) is 0 Å². The molecule has 0 aromatic heterocycles. The van der Waals surface area contributed by atoms with Crippen LogP contribution in [-0.4, -0.2) is 24.8 Å². The van der Waals surface area contributed by atoms with Crippen LogP contribution in [0.25, 0.3) is 0 Å². The zero-order valence-corrected chi connectivity index (χ0v) is 14.2. The first kappa shape index (κ1) is 18.1. The normalized spacial score (nSPS) is 10.8. The third-order valence-electron chi connectivity index (χ3n) is 2.75. The van der Waals surface area contributed by atoms with E-state index in [4.69, 9.17) is 9.47 Å². The van der Waals surface area contributed by atoms with Crippen LogP contribution in [-0.2, 0) is 11.2 Å². The maximum absolute atomic E-state index is 11.5. The van der Waals surface area contributed by atoms with E-state index in [1.54, 1.807) is 0 Å². The number of amides is 1. The Kier molecular flexibility index (Phi) is 6.96. The van der Waals surface area contributed by atoms with Gasteiger partial charge < -0.3 is 14.8 Å². The van der Waals surface area contributed by atoms with E-state index in [1.807, 2.05) is 65.0 Å². The monoisotopic (exact) mass is 305 g/mol. The first-order chi connectivity index (χ1) is 10.3. The molecule has 122 valence electrons. The number of benzene rings is 1. The number of rotatable bonds is 6. The summed E-state index contributed by atoms with van der Waals surface area (Å²) < 4.78 is 10.8. The van der Waals surface area contributed by atoms with Crippen LogP contribution in [0.15, 0.2) is 35.9 Å². The summed E-state index contributed by atoms with van der Waals surface area (Å²) in [4.78, 5) is 11.5. The second-order valence-corrected chi connectivity index (χ2v) is 6.42. The smallest absolute Gasteiger partial charge is 0.407 e. The Morgan fingerprint density at radius 3 is 2.36 bits per heavy atom. The molecule has 0 bridgehead atoms. The topological polar surface area (TPSA) is 47.6 Å². The SMILES string of the molecule is CC(C)=CCOc1ccc(CCNC(=O)OC(C)(C)C)cc1. The lowest BCUT2D eigenvalue weighted by atomic mass is 10.1. The van der Waals surface area contributed by atoms with E-state index in [-0.39, 0.29) is 6.09 Å². The number of alkyl carbamates (subject to hydrolysis) is 1. The molecule has 0 aliphatic rings. The van der Waals surface area contributed by atoms with Crippen LogP contribution < -0.4 is 10.1 Å². The summed E-state index contributed by atoms with van der Waals surface area (Å²) in [5, 5.41) is 2.75. The van der Waals surface area contributed by atoms with Gasteiger partial charge in [0.2, 0.25) is 0 Å². The second-order valence-electron chi connectivity index (χ2n) is 6.42. The Balaban J connectivity index is 2.32. The number of nitrogens with one attached hydrogen (secondary N) is 1. The first-order valence-electron chi connectivity index (χ1n) is 7.58. The third-order valence-corrected chi connectivity index (χ3v) is 2.75. The summed E-state index contributed by atoms with van der Waals surface area (Å²) in [6.07, 6.45) is 2.42. The van der Waals surface area contributed by atoms with Crippen LogP contribution in [0.1, 0.15) is 40.2 Å². The van der Waals surface area contributed by atoms with E-state index in [1.165, 1.54) is 5.57 Å². The summed E-state index contributed by atoms with van der Waals surface area (Å²) in [6.45, 7) is 10.8. The van der Waals surface area contributed by atoms with E-state index in [0.29, 0.717) is 13.2 Å². The molecule has 1 rings (SSSR count). The van der Waals surface area contributed by atoms with E-state index >= 15 is 0 Å². The Labute approximate surface area is 133 Å². The first-order valence-corrected chi connectivity index (χ1v) is 7.58. The van der Waals surface area contributed by atoms with Gasteiger partial charge in [0, 0.05) is 6.54 Å². The average molecular weight is 305 g/mol. The van der Waals surface area contributed by atoms with Crippen LogP contribution in [0.3, 0.4) is 0 Å². The fraction of sp³-hybridized carbons (Fsp3) is 0.500. The van der Waals surface area contributed by atoms with Gasteiger partial charge in [-0.15, -0.1) is 0 Å².